The van der Waals surface area contributed by atoms with Gasteiger partial charge in [0.1, 0.15) is 11.3 Å². The molecule has 1 N–H and O–H groups in total. The predicted molar refractivity (Wildman–Crippen MR) is 77.2 cm³/mol. The Morgan fingerprint density at radius 2 is 2.43 bits per heavy atom. The maximum absolute atomic E-state index is 12.1. The molecular weight excluding hydrogens is 290 g/mol. The molecule has 110 valence electrons. The normalized spacial score (nSPS) is 12.7. The van der Waals surface area contributed by atoms with Gasteiger partial charge in [0.25, 0.3) is 5.91 Å². The molecule has 1 amide bonds. The van der Waals surface area contributed by atoms with Crippen molar-refractivity contribution in [3.63, 3.8) is 0 Å². The summed E-state index contributed by atoms with van der Waals surface area (Å²) < 4.78 is 6.80. The van der Waals surface area contributed by atoms with Crippen LogP contribution in [0.3, 0.4) is 0 Å². The Morgan fingerprint density at radius 1 is 1.57 bits per heavy atom. The highest BCUT2D eigenvalue weighted by atomic mass is 32.1. The van der Waals surface area contributed by atoms with Crippen LogP contribution in [-0.2, 0) is 6.42 Å². The van der Waals surface area contributed by atoms with Gasteiger partial charge in [0, 0.05) is 12.5 Å². The average molecular weight is 305 g/mol. The standard InChI is InChI=1S/C13H15N5O2S/c1-3-4-9-5-10(17-20-9)12(19)15-8(2)11-6-18-13(16-11)21-7-14-18/h5-8H,3-4H2,1-2H3,(H,15,19). The largest absolute Gasteiger partial charge is 0.361 e. The lowest BCUT2D eigenvalue weighted by Gasteiger charge is -2.09. The van der Waals surface area contributed by atoms with Crippen LogP contribution < -0.4 is 5.32 Å². The molecule has 0 bridgehead atoms. The van der Waals surface area contributed by atoms with Crippen molar-refractivity contribution < 1.29 is 9.32 Å². The van der Waals surface area contributed by atoms with E-state index in [9.17, 15) is 4.79 Å². The third kappa shape index (κ3) is 2.80. The highest BCUT2D eigenvalue weighted by Crippen LogP contribution is 2.16. The Bertz CT molecular complexity index is 731. The first-order chi connectivity index (χ1) is 10.2. The monoisotopic (exact) mass is 305 g/mol. The Labute approximate surface area is 125 Å². The molecule has 1 unspecified atom stereocenters. The summed E-state index contributed by atoms with van der Waals surface area (Å²) in [5, 5.41) is 10.8. The summed E-state index contributed by atoms with van der Waals surface area (Å²) in [7, 11) is 0. The SMILES string of the molecule is CCCc1cc(C(=O)NC(C)c2cn3ncsc3n2)no1. The van der Waals surface area contributed by atoms with Crippen LogP contribution in [0.2, 0.25) is 0 Å². The van der Waals surface area contributed by atoms with E-state index in [2.05, 4.69) is 20.6 Å². The van der Waals surface area contributed by atoms with Crippen LogP contribution in [0, 0.1) is 0 Å². The van der Waals surface area contributed by atoms with E-state index >= 15 is 0 Å². The van der Waals surface area contributed by atoms with Crippen molar-refractivity contribution in [3.05, 3.63) is 34.9 Å². The van der Waals surface area contributed by atoms with E-state index in [0.29, 0.717) is 5.69 Å². The molecule has 0 fully saturated rings. The fraction of sp³-hybridized carbons (Fsp3) is 0.385. The highest BCUT2D eigenvalue weighted by molar-refractivity contribution is 7.14. The van der Waals surface area contributed by atoms with Crippen LogP contribution in [0.1, 0.15) is 48.3 Å². The molecule has 0 aliphatic rings. The smallest absolute Gasteiger partial charge is 0.273 e. The first kappa shape index (κ1) is 13.7. The molecule has 0 saturated heterocycles. The van der Waals surface area contributed by atoms with Gasteiger partial charge >= 0.3 is 0 Å². The first-order valence-corrected chi connectivity index (χ1v) is 7.60. The zero-order valence-corrected chi connectivity index (χ0v) is 12.6. The summed E-state index contributed by atoms with van der Waals surface area (Å²) in [6, 6.07) is 1.46. The van der Waals surface area contributed by atoms with E-state index in [0.717, 1.165) is 29.3 Å². The minimum absolute atomic E-state index is 0.224. The molecule has 0 aliphatic heterocycles. The van der Waals surface area contributed by atoms with Crippen molar-refractivity contribution in [1.29, 1.82) is 0 Å². The summed E-state index contributed by atoms with van der Waals surface area (Å²) in [5.41, 5.74) is 2.78. The zero-order chi connectivity index (χ0) is 14.8. The van der Waals surface area contributed by atoms with Gasteiger partial charge in [-0.15, -0.1) is 0 Å². The second-order valence-corrected chi connectivity index (χ2v) is 5.57. The number of aryl methyl sites for hydroxylation is 1. The Hall–Kier alpha value is -2.22. The van der Waals surface area contributed by atoms with E-state index in [1.165, 1.54) is 11.3 Å². The van der Waals surface area contributed by atoms with E-state index < -0.39 is 0 Å². The van der Waals surface area contributed by atoms with Gasteiger partial charge in [0.15, 0.2) is 5.69 Å². The van der Waals surface area contributed by atoms with Crippen LogP contribution in [0.25, 0.3) is 4.96 Å². The lowest BCUT2D eigenvalue weighted by molar-refractivity contribution is 0.0930. The lowest BCUT2D eigenvalue weighted by Crippen LogP contribution is -2.27. The lowest BCUT2D eigenvalue weighted by atomic mass is 10.2. The first-order valence-electron chi connectivity index (χ1n) is 6.72. The van der Waals surface area contributed by atoms with Crippen LogP contribution >= 0.6 is 11.3 Å². The number of fused-ring (bicyclic) bond motifs is 1. The van der Waals surface area contributed by atoms with Crippen LogP contribution in [0.5, 0.6) is 0 Å². The number of hydrogen-bond donors (Lipinski definition) is 1. The molecule has 3 heterocycles. The molecule has 8 heteroatoms. The molecular formula is C13H15N5O2S. The number of carbonyl (C=O) groups excluding carboxylic acids is 1. The number of rotatable bonds is 5. The molecule has 0 radical (unpaired) electrons. The van der Waals surface area contributed by atoms with Gasteiger partial charge in [0.05, 0.1) is 17.9 Å². The number of nitrogens with zero attached hydrogens (tertiary/aromatic N) is 4. The summed E-state index contributed by atoms with van der Waals surface area (Å²) >= 11 is 1.45. The Morgan fingerprint density at radius 3 is 3.19 bits per heavy atom. The van der Waals surface area contributed by atoms with Gasteiger partial charge in [0.2, 0.25) is 4.96 Å². The zero-order valence-electron chi connectivity index (χ0n) is 11.7. The van der Waals surface area contributed by atoms with Gasteiger partial charge in [-0.1, -0.05) is 23.4 Å². The van der Waals surface area contributed by atoms with Gasteiger partial charge in [-0.2, -0.15) is 5.10 Å². The number of nitrogens with one attached hydrogen (secondary N) is 1. The van der Waals surface area contributed by atoms with E-state index in [1.807, 2.05) is 20.0 Å². The maximum atomic E-state index is 12.1. The third-order valence-corrected chi connectivity index (χ3v) is 3.77. The van der Waals surface area contributed by atoms with Crippen molar-refractivity contribution in [1.82, 2.24) is 25.1 Å². The van der Waals surface area contributed by atoms with E-state index in [1.54, 1.807) is 16.1 Å². The molecule has 3 rings (SSSR count). The maximum Gasteiger partial charge on any atom is 0.273 e. The van der Waals surface area contributed by atoms with Crippen molar-refractivity contribution in [2.24, 2.45) is 0 Å². The van der Waals surface area contributed by atoms with Gasteiger partial charge in [-0.05, 0) is 13.3 Å². The molecule has 0 aliphatic carbocycles. The summed E-state index contributed by atoms with van der Waals surface area (Å²) in [4.78, 5) is 17.3. The van der Waals surface area contributed by atoms with E-state index in [4.69, 9.17) is 4.52 Å². The minimum atomic E-state index is -0.266. The molecule has 0 spiro atoms. The third-order valence-electron chi connectivity index (χ3n) is 3.08. The van der Waals surface area contributed by atoms with Gasteiger partial charge in [-0.3, -0.25) is 4.79 Å². The fourth-order valence-corrected chi connectivity index (χ4v) is 2.60. The summed E-state index contributed by atoms with van der Waals surface area (Å²) in [6.45, 7) is 3.92. The molecule has 21 heavy (non-hydrogen) atoms. The number of carbonyl (C=O) groups is 1. The number of amides is 1. The number of hydrogen-bond acceptors (Lipinski definition) is 6. The number of imidazole rings is 1. The second kappa shape index (κ2) is 5.65. The molecule has 0 saturated carbocycles. The summed E-state index contributed by atoms with van der Waals surface area (Å²) in [6.07, 6.45) is 3.53. The number of aromatic nitrogens is 4. The Balaban J connectivity index is 1.69. The van der Waals surface area contributed by atoms with E-state index in [-0.39, 0.29) is 11.9 Å². The molecule has 3 aromatic heterocycles. The molecule has 0 aromatic carbocycles. The van der Waals surface area contributed by atoms with Gasteiger partial charge in [-0.25, -0.2) is 9.50 Å². The van der Waals surface area contributed by atoms with Crippen molar-refractivity contribution in [2.75, 3.05) is 0 Å². The van der Waals surface area contributed by atoms with Crippen molar-refractivity contribution >= 4 is 22.2 Å². The van der Waals surface area contributed by atoms with Crippen molar-refractivity contribution in [2.45, 2.75) is 32.7 Å². The second-order valence-electron chi connectivity index (χ2n) is 4.76. The quantitative estimate of drug-likeness (QED) is 0.781. The fourth-order valence-electron chi connectivity index (χ4n) is 1.99. The average Bonchev–Trinajstić information content (AvgIpc) is 3.13. The van der Waals surface area contributed by atoms with Crippen LogP contribution in [0.15, 0.2) is 22.3 Å². The van der Waals surface area contributed by atoms with Gasteiger partial charge < -0.3 is 9.84 Å². The van der Waals surface area contributed by atoms with Crippen LogP contribution in [-0.4, -0.2) is 25.7 Å². The van der Waals surface area contributed by atoms with Crippen LogP contribution in [0.4, 0.5) is 0 Å². The molecule has 7 nitrogen and oxygen atoms in total. The molecule has 3 aromatic rings. The Kier molecular flexibility index (Phi) is 3.70. The molecule has 1 atom stereocenters. The minimum Gasteiger partial charge on any atom is -0.361 e. The topological polar surface area (TPSA) is 85.3 Å². The highest BCUT2D eigenvalue weighted by Gasteiger charge is 2.18. The van der Waals surface area contributed by atoms with Crippen molar-refractivity contribution in [3.8, 4) is 0 Å². The summed E-state index contributed by atoms with van der Waals surface area (Å²) in [5.74, 6) is 0.458. The predicted octanol–water partition coefficient (Wildman–Crippen LogP) is 2.22.